The zero-order valence-corrected chi connectivity index (χ0v) is 9.68. The van der Waals surface area contributed by atoms with Crippen molar-refractivity contribution in [2.75, 3.05) is 0 Å². The first-order chi connectivity index (χ1) is 7.53. The van der Waals surface area contributed by atoms with E-state index in [0.717, 1.165) is 0 Å². The highest BCUT2D eigenvalue weighted by Gasteiger charge is 2.44. The van der Waals surface area contributed by atoms with Gasteiger partial charge in [-0.15, -0.1) is 27.8 Å². The second kappa shape index (κ2) is 4.89. The topological polar surface area (TPSA) is 44.5 Å². The van der Waals surface area contributed by atoms with Crippen LogP contribution in [0.15, 0.2) is 30.9 Å². The monoisotopic (exact) mass is 263 g/mol. The zero-order chi connectivity index (χ0) is 11.8. The van der Waals surface area contributed by atoms with Crippen molar-refractivity contribution in [2.45, 2.75) is 18.8 Å². The van der Waals surface area contributed by atoms with Crippen LogP contribution < -0.4 is 15.2 Å². The summed E-state index contributed by atoms with van der Waals surface area (Å²) in [5.74, 6) is 0.0314. The maximum atomic E-state index is 12.9. The molecule has 6 heteroatoms. The number of fused-ring (bicyclic) bond motifs is 1. The third-order valence-electron chi connectivity index (χ3n) is 2.28. The standard InChI is InChI=1S/C11H11F2NO2.ClH/c1-2-4-8(14)7-5-3-6-9-10(7)16-11(12,13)15-9;/h2-3,5-6,8H,1,4,14H2;1H/t8-;/m1./s1. The predicted octanol–water partition coefficient (Wildman–Crippen LogP) is 3.01. The molecule has 1 heterocycles. The van der Waals surface area contributed by atoms with Crippen LogP contribution >= 0.6 is 12.4 Å². The van der Waals surface area contributed by atoms with Gasteiger partial charge < -0.3 is 15.2 Å². The molecule has 1 atom stereocenters. The number of para-hydroxylation sites is 1. The number of benzene rings is 1. The van der Waals surface area contributed by atoms with Crippen molar-refractivity contribution in [3.63, 3.8) is 0 Å². The molecular weight excluding hydrogens is 252 g/mol. The summed E-state index contributed by atoms with van der Waals surface area (Å²) < 4.78 is 34.5. The Morgan fingerprint density at radius 3 is 2.76 bits per heavy atom. The van der Waals surface area contributed by atoms with Gasteiger partial charge in [-0.25, -0.2) is 0 Å². The van der Waals surface area contributed by atoms with Crippen LogP contribution in [0.2, 0.25) is 0 Å². The molecule has 94 valence electrons. The molecule has 1 aliphatic rings. The Morgan fingerprint density at radius 2 is 2.12 bits per heavy atom. The van der Waals surface area contributed by atoms with Gasteiger partial charge in [0.2, 0.25) is 0 Å². The van der Waals surface area contributed by atoms with E-state index in [2.05, 4.69) is 16.1 Å². The molecule has 0 spiro atoms. The molecule has 0 saturated carbocycles. The van der Waals surface area contributed by atoms with Gasteiger partial charge in [0.1, 0.15) is 0 Å². The normalized spacial score (nSPS) is 17.1. The van der Waals surface area contributed by atoms with E-state index in [1.54, 1.807) is 18.2 Å². The number of alkyl halides is 2. The summed E-state index contributed by atoms with van der Waals surface area (Å²) in [5.41, 5.74) is 6.31. The summed E-state index contributed by atoms with van der Waals surface area (Å²) in [7, 11) is 0. The van der Waals surface area contributed by atoms with Gasteiger partial charge in [0.25, 0.3) is 0 Å². The quantitative estimate of drug-likeness (QED) is 0.853. The maximum absolute atomic E-state index is 12.9. The van der Waals surface area contributed by atoms with Gasteiger partial charge in [-0.3, -0.25) is 0 Å². The molecule has 0 bridgehead atoms. The lowest BCUT2D eigenvalue weighted by Gasteiger charge is -2.12. The predicted molar refractivity (Wildman–Crippen MR) is 61.6 cm³/mol. The Morgan fingerprint density at radius 1 is 1.41 bits per heavy atom. The van der Waals surface area contributed by atoms with Gasteiger partial charge in [0.15, 0.2) is 11.5 Å². The van der Waals surface area contributed by atoms with Gasteiger partial charge >= 0.3 is 6.29 Å². The zero-order valence-electron chi connectivity index (χ0n) is 8.86. The van der Waals surface area contributed by atoms with E-state index in [1.807, 2.05) is 0 Å². The average molecular weight is 264 g/mol. The van der Waals surface area contributed by atoms with Crippen molar-refractivity contribution < 1.29 is 18.3 Å². The van der Waals surface area contributed by atoms with Crippen molar-refractivity contribution in [1.82, 2.24) is 0 Å². The van der Waals surface area contributed by atoms with E-state index in [4.69, 9.17) is 5.73 Å². The van der Waals surface area contributed by atoms with Crippen LogP contribution in [-0.2, 0) is 0 Å². The Kier molecular flexibility index (Phi) is 3.95. The minimum absolute atomic E-state index is 0. The molecule has 1 aromatic carbocycles. The molecule has 0 aromatic heterocycles. The summed E-state index contributed by atoms with van der Waals surface area (Å²) in [6, 6.07) is 4.23. The second-order valence-corrected chi connectivity index (χ2v) is 3.47. The number of rotatable bonds is 3. The first-order valence-corrected chi connectivity index (χ1v) is 4.79. The van der Waals surface area contributed by atoms with Crippen LogP contribution in [0.4, 0.5) is 8.78 Å². The molecule has 2 N–H and O–H groups in total. The maximum Gasteiger partial charge on any atom is 0.586 e. The van der Waals surface area contributed by atoms with Gasteiger partial charge in [-0.1, -0.05) is 18.2 Å². The molecular formula is C11H12ClF2NO2. The largest absolute Gasteiger partial charge is 0.586 e. The molecule has 1 aromatic rings. The van der Waals surface area contributed by atoms with Gasteiger partial charge in [-0.2, -0.15) is 0 Å². The molecule has 0 aliphatic carbocycles. The van der Waals surface area contributed by atoms with E-state index >= 15 is 0 Å². The van der Waals surface area contributed by atoms with Crippen molar-refractivity contribution >= 4 is 12.4 Å². The fraction of sp³-hybridized carbons (Fsp3) is 0.273. The minimum Gasteiger partial charge on any atom is -0.395 e. The van der Waals surface area contributed by atoms with Crippen LogP contribution in [0.25, 0.3) is 0 Å². The number of hydrogen-bond donors (Lipinski definition) is 1. The van der Waals surface area contributed by atoms with Crippen LogP contribution in [-0.4, -0.2) is 6.29 Å². The van der Waals surface area contributed by atoms with Gasteiger partial charge in [-0.05, 0) is 12.5 Å². The summed E-state index contributed by atoms with van der Waals surface area (Å²) in [5, 5.41) is 0. The molecule has 0 radical (unpaired) electrons. The molecule has 0 saturated heterocycles. The fourth-order valence-corrected chi connectivity index (χ4v) is 1.59. The first kappa shape index (κ1) is 13.7. The highest BCUT2D eigenvalue weighted by atomic mass is 35.5. The molecule has 0 unspecified atom stereocenters. The van der Waals surface area contributed by atoms with E-state index < -0.39 is 12.3 Å². The Hall–Kier alpha value is -1.33. The summed E-state index contributed by atoms with van der Waals surface area (Å²) in [4.78, 5) is 0. The first-order valence-electron chi connectivity index (χ1n) is 4.79. The molecule has 2 rings (SSSR count). The lowest BCUT2D eigenvalue weighted by atomic mass is 10.0. The van der Waals surface area contributed by atoms with E-state index in [9.17, 15) is 8.78 Å². The third-order valence-corrected chi connectivity index (χ3v) is 2.28. The lowest BCUT2D eigenvalue weighted by Crippen LogP contribution is -2.26. The van der Waals surface area contributed by atoms with Crippen LogP contribution in [0, 0.1) is 0 Å². The van der Waals surface area contributed by atoms with Gasteiger partial charge in [0.05, 0.1) is 0 Å². The van der Waals surface area contributed by atoms with Crippen LogP contribution in [0.3, 0.4) is 0 Å². The molecule has 17 heavy (non-hydrogen) atoms. The Bertz CT molecular complexity index is 426. The van der Waals surface area contributed by atoms with Crippen molar-refractivity contribution in [3.05, 3.63) is 36.4 Å². The Labute approximate surface area is 104 Å². The summed E-state index contributed by atoms with van der Waals surface area (Å²) in [6.45, 7) is 3.55. The molecule has 3 nitrogen and oxygen atoms in total. The van der Waals surface area contributed by atoms with Crippen molar-refractivity contribution in [3.8, 4) is 11.5 Å². The highest BCUT2D eigenvalue weighted by Crippen LogP contribution is 2.45. The van der Waals surface area contributed by atoms with E-state index in [1.165, 1.54) is 6.07 Å². The second-order valence-electron chi connectivity index (χ2n) is 3.47. The molecule has 1 aliphatic heterocycles. The third kappa shape index (κ3) is 2.68. The average Bonchev–Trinajstić information content (AvgIpc) is 2.51. The van der Waals surface area contributed by atoms with Crippen LogP contribution in [0.5, 0.6) is 11.5 Å². The lowest BCUT2D eigenvalue weighted by molar-refractivity contribution is -0.287. The number of ether oxygens (including phenoxy) is 2. The van der Waals surface area contributed by atoms with E-state index in [0.29, 0.717) is 12.0 Å². The molecule has 0 amide bonds. The fourth-order valence-electron chi connectivity index (χ4n) is 1.59. The summed E-state index contributed by atoms with van der Waals surface area (Å²) in [6.07, 6.45) is -1.50. The van der Waals surface area contributed by atoms with Crippen LogP contribution in [0.1, 0.15) is 18.0 Å². The number of hydrogen-bond acceptors (Lipinski definition) is 3. The minimum atomic E-state index is -3.60. The van der Waals surface area contributed by atoms with Crippen molar-refractivity contribution in [1.29, 1.82) is 0 Å². The van der Waals surface area contributed by atoms with E-state index in [-0.39, 0.29) is 23.9 Å². The number of nitrogens with two attached hydrogens (primary N) is 1. The van der Waals surface area contributed by atoms with Gasteiger partial charge in [0, 0.05) is 11.6 Å². The number of halogens is 3. The Balaban J connectivity index is 0.00000144. The smallest absolute Gasteiger partial charge is 0.395 e. The van der Waals surface area contributed by atoms with Crippen molar-refractivity contribution in [2.24, 2.45) is 5.73 Å². The highest BCUT2D eigenvalue weighted by molar-refractivity contribution is 5.85. The molecule has 0 fully saturated rings. The SMILES string of the molecule is C=CC[C@@H](N)c1cccc2c1OC(F)(F)O2.Cl. The summed E-state index contributed by atoms with van der Waals surface area (Å²) >= 11 is 0.